The highest BCUT2D eigenvalue weighted by atomic mass is 127. The monoisotopic (exact) mass is 485 g/mol. The summed E-state index contributed by atoms with van der Waals surface area (Å²) in [5.41, 5.74) is 7.01. The van der Waals surface area contributed by atoms with Crippen LogP contribution in [0.15, 0.2) is 21.6 Å². The number of hydrogen-bond donors (Lipinski definition) is 1. The lowest BCUT2D eigenvalue weighted by Crippen LogP contribution is -2.44. The van der Waals surface area contributed by atoms with Crippen molar-refractivity contribution in [1.82, 2.24) is 4.90 Å². The smallest absolute Gasteiger partial charge is 0.191 e. The molecule has 1 saturated heterocycles. The van der Waals surface area contributed by atoms with Gasteiger partial charge in [-0.1, -0.05) is 0 Å². The average Bonchev–Trinajstić information content (AvgIpc) is 2.52. The zero-order valence-electron chi connectivity index (χ0n) is 12.7. The van der Waals surface area contributed by atoms with E-state index in [1.807, 2.05) is 17.0 Å². The maximum Gasteiger partial charge on any atom is 0.191 e. The molecule has 2 rings (SSSR count). The molecule has 0 saturated carbocycles. The molecule has 8 heteroatoms. The Morgan fingerprint density at radius 3 is 2.59 bits per heavy atom. The Labute approximate surface area is 156 Å². The molecule has 0 spiro atoms. The summed E-state index contributed by atoms with van der Waals surface area (Å²) in [6, 6.07) is 3.86. The Bertz CT molecular complexity index is 522. The highest BCUT2D eigenvalue weighted by molar-refractivity contribution is 14.0. The van der Waals surface area contributed by atoms with Gasteiger partial charge in [-0.2, -0.15) is 0 Å². The standard InChI is InChI=1S/C14H20BrN3O3.HI/c1-19-12-8-10(7-11(15)13(12)20-2)9-17-14(16)18-3-5-21-6-4-18;/h7-8H,3-6,9H2,1-2H3,(H2,16,17);1H. The minimum Gasteiger partial charge on any atom is -0.493 e. The van der Waals surface area contributed by atoms with Gasteiger partial charge >= 0.3 is 0 Å². The molecule has 2 N–H and O–H groups in total. The lowest BCUT2D eigenvalue weighted by molar-refractivity contribution is 0.0674. The molecule has 1 aliphatic heterocycles. The van der Waals surface area contributed by atoms with E-state index < -0.39 is 0 Å². The SMILES string of the molecule is COc1cc(CN=C(N)N2CCOCC2)cc(Br)c1OC.I. The Kier molecular flexibility index (Phi) is 8.26. The van der Waals surface area contributed by atoms with Gasteiger partial charge in [0.05, 0.1) is 38.5 Å². The Balaban J connectivity index is 0.00000242. The Morgan fingerprint density at radius 2 is 2.00 bits per heavy atom. The molecule has 0 aromatic heterocycles. The van der Waals surface area contributed by atoms with Gasteiger partial charge in [-0.15, -0.1) is 24.0 Å². The number of nitrogens with two attached hydrogens (primary N) is 1. The van der Waals surface area contributed by atoms with Crippen LogP contribution in [0, 0.1) is 0 Å². The average molecular weight is 486 g/mol. The summed E-state index contributed by atoms with van der Waals surface area (Å²) in [6.07, 6.45) is 0. The van der Waals surface area contributed by atoms with Gasteiger partial charge in [0.15, 0.2) is 17.5 Å². The highest BCUT2D eigenvalue weighted by Crippen LogP contribution is 2.36. The third-order valence-electron chi connectivity index (χ3n) is 3.25. The molecule has 1 aliphatic rings. The first-order valence-corrected chi connectivity index (χ1v) is 7.48. The number of methoxy groups -OCH3 is 2. The van der Waals surface area contributed by atoms with Crippen molar-refractivity contribution in [3.63, 3.8) is 0 Å². The van der Waals surface area contributed by atoms with E-state index in [4.69, 9.17) is 19.9 Å². The fraction of sp³-hybridized carbons (Fsp3) is 0.500. The van der Waals surface area contributed by atoms with Gasteiger partial charge in [0.25, 0.3) is 0 Å². The first-order valence-electron chi connectivity index (χ1n) is 6.68. The molecule has 0 amide bonds. The number of aliphatic imine (C=N–C) groups is 1. The van der Waals surface area contributed by atoms with Crippen molar-refractivity contribution >= 4 is 45.9 Å². The normalized spacial score (nSPS) is 15.2. The van der Waals surface area contributed by atoms with Crippen LogP contribution in [0.4, 0.5) is 0 Å². The summed E-state index contributed by atoms with van der Waals surface area (Å²) in [6.45, 7) is 3.44. The molecule has 0 unspecified atom stereocenters. The molecule has 1 fully saturated rings. The number of nitrogens with zero attached hydrogens (tertiary/aromatic N) is 2. The number of rotatable bonds is 4. The molecule has 124 valence electrons. The number of hydrogen-bond acceptors (Lipinski definition) is 4. The second kappa shape index (κ2) is 9.41. The van der Waals surface area contributed by atoms with Gasteiger partial charge in [0.2, 0.25) is 0 Å². The van der Waals surface area contributed by atoms with Crippen LogP contribution >= 0.6 is 39.9 Å². The lowest BCUT2D eigenvalue weighted by Gasteiger charge is -2.27. The van der Waals surface area contributed by atoms with E-state index >= 15 is 0 Å². The molecule has 6 nitrogen and oxygen atoms in total. The van der Waals surface area contributed by atoms with Crippen LogP contribution in [0.5, 0.6) is 11.5 Å². The minimum atomic E-state index is 0. The summed E-state index contributed by atoms with van der Waals surface area (Å²) in [5, 5.41) is 0. The molecule has 1 heterocycles. The third-order valence-corrected chi connectivity index (χ3v) is 3.84. The molecule has 0 radical (unpaired) electrons. The van der Waals surface area contributed by atoms with Crippen LogP contribution in [-0.4, -0.2) is 51.4 Å². The number of ether oxygens (including phenoxy) is 3. The summed E-state index contributed by atoms with van der Waals surface area (Å²) >= 11 is 3.47. The van der Waals surface area contributed by atoms with Gasteiger partial charge < -0.3 is 24.8 Å². The number of halogens is 2. The van der Waals surface area contributed by atoms with Crippen molar-refractivity contribution < 1.29 is 14.2 Å². The fourth-order valence-electron chi connectivity index (χ4n) is 2.13. The molecule has 22 heavy (non-hydrogen) atoms. The van der Waals surface area contributed by atoms with E-state index in [0.29, 0.717) is 37.2 Å². The first kappa shape index (κ1) is 19.3. The second-order valence-electron chi connectivity index (χ2n) is 4.59. The number of guanidine groups is 1. The molecule has 0 atom stereocenters. The predicted molar refractivity (Wildman–Crippen MR) is 100 cm³/mol. The van der Waals surface area contributed by atoms with E-state index in [2.05, 4.69) is 20.9 Å². The Hall–Kier alpha value is -0.740. The number of benzene rings is 1. The number of morpholine rings is 1. The van der Waals surface area contributed by atoms with Gasteiger partial charge in [-0.3, -0.25) is 0 Å². The molecular weight excluding hydrogens is 465 g/mol. The van der Waals surface area contributed by atoms with Gasteiger partial charge in [-0.25, -0.2) is 4.99 Å². The molecule has 0 bridgehead atoms. The van der Waals surface area contributed by atoms with Crippen LogP contribution in [0.25, 0.3) is 0 Å². The van der Waals surface area contributed by atoms with Crippen molar-refractivity contribution in [3.8, 4) is 11.5 Å². The van der Waals surface area contributed by atoms with Crippen molar-refractivity contribution in [2.45, 2.75) is 6.54 Å². The van der Waals surface area contributed by atoms with Crippen molar-refractivity contribution in [2.24, 2.45) is 10.7 Å². The quantitative estimate of drug-likeness (QED) is 0.402. The van der Waals surface area contributed by atoms with Crippen LogP contribution in [0.2, 0.25) is 0 Å². The Morgan fingerprint density at radius 1 is 1.32 bits per heavy atom. The molecular formula is C14H21BrIN3O3. The van der Waals surface area contributed by atoms with Crippen molar-refractivity contribution in [1.29, 1.82) is 0 Å². The van der Waals surface area contributed by atoms with Crippen LogP contribution in [-0.2, 0) is 11.3 Å². The van der Waals surface area contributed by atoms with Gasteiger partial charge in [0, 0.05) is 13.1 Å². The zero-order valence-corrected chi connectivity index (χ0v) is 16.6. The minimum absolute atomic E-state index is 0. The predicted octanol–water partition coefficient (Wildman–Crippen LogP) is 2.23. The maximum absolute atomic E-state index is 6.01. The lowest BCUT2D eigenvalue weighted by atomic mass is 10.2. The summed E-state index contributed by atoms with van der Waals surface area (Å²) < 4.78 is 16.7. The fourth-order valence-corrected chi connectivity index (χ4v) is 2.78. The molecule has 0 aliphatic carbocycles. The second-order valence-corrected chi connectivity index (χ2v) is 5.44. The van der Waals surface area contributed by atoms with E-state index in [1.54, 1.807) is 14.2 Å². The van der Waals surface area contributed by atoms with E-state index in [9.17, 15) is 0 Å². The van der Waals surface area contributed by atoms with Gasteiger partial charge in [-0.05, 0) is 33.6 Å². The third kappa shape index (κ3) is 4.88. The summed E-state index contributed by atoms with van der Waals surface area (Å²) in [7, 11) is 3.22. The largest absolute Gasteiger partial charge is 0.493 e. The van der Waals surface area contributed by atoms with Gasteiger partial charge in [0.1, 0.15) is 0 Å². The summed E-state index contributed by atoms with van der Waals surface area (Å²) in [4.78, 5) is 6.46. The molecule has 1 aromatic rings. The van der Waals surface area contributed by atoms with E-state index in [-0.39, 0.29) is 24.0 Å². The van der Waals surface area contributed by atoms with Crippen LogP contribution in [0.3, 0.4) is 0 Å². The van der Waals surface area contributed by atoms with Crippen LogP contribution < -0.4 is 15.2 Å². The van der Waals surface area contributed by atoms with Crippen LogP contribution in [0.1, 0.15) is 5.56 Å². The van der Waals surface area contributed by atoms with Crippen molar-refractivity contribution in [3.05, 3.63) is 22.2 Å². The van der Waals surface area contributed by atoms with E-state index in [0.717, 1.165) is 23.1 Å². The first-order chi connectivity index (χ1) is 10.2. The van der Waals surface area contributed by atoms with E-state index in [1.165, 1.54) is 0 Å². The molecule has 1 aromatic carbocycles. The summed E-state index contributed by atoms with van der Waals surface area (Å²) in [5.74, 6) is 1.89. The van der Waals surface area contributed by atoms with Crippen molar-refractivity contribution in [2.75, 3.05) is 40.5 Å². The zero-order chi connectivity index (χ0) is 15.2. The highest BCUT2D eigenvalue weighted by Gasteiger charge is 2.13. The maximum atomic E-state index is 6.01. The topological polar surface area (TPSA) is 69.3 Å².